The Morgan fingerprint density at radius 1 is 1.03 bits per heavy atom. The standard InChI is InChI=1S/C30H48O3/c1-19(9-8-10-20(2)26(32)33)21-13-17-30(7)23-11-12-24-27(3,4)25(31)15-16-28(24,5)22(23)14-18-29(21,30)6/h10,19,21,24-25,31H,8-9,11-18H2,1-7H3,(H,32,33)/b20-10+/t19-,21-,24?,25?,28-,29-,30+/m1/s1. The van der Waals surface area contributed by atoms with Crippen molar-refractivity contribution in [3.63, 3.8) is 0 Å². The summed E-state index contributed by atoms with van der Waals surface area (Å²) in [5.41, 5.74) is 4.95. The lowest BCUT2D eigenvalue weighted by atomic mass is 9.43. The lowest BCUT2D eigenvalue weighted by Gasteiger charge is -2.62. The van der Waals surface area contributed by atoms with Gasteiger partial charge in [0, 0.05) is 5.57 Å². The number of rotatable bonds is 5. The molecule has 0 aromatic heterocycles. The summed E-state index contributed by atoms with van der Waals surface area (Å²) in [6, 6.07) is 0. The number of aliphatic hydroxyl groups excluding tert-OH is 1. The number of allylic oxidation sites excluding steroid dienone is 3. The number of fused-ring (bicyclic) bond motifs is 4. The summed E-state index contributed by atoms with van der Waals surface area (Å²) in [6.45, 7) is 16.5. The van der Waals surface area contributed by atoms with Crippen molar-refractivity contribution in [3.05, 3.63) is 22.8 Å². The Kier molecular flexibility index (Phi) is 6.25. The van der Waals surface area contributed by atoms with Gasteiger partial charge in [-0.1, -0.05) is 58.8 Å². The molecule has 2 fully saturated rings. The topological polar surface area (TPSA) is 57.5 Å². The zero-order chi connectivity index (χ0) is 24.4. The molecule has 0 aliphatic heterocycles. The zero-order valence-electron chi connectivity index (χ0n) is 22.3. The van der Waals surface area contributed by atoms with Crippen LogP contribution >= 0.6 is 0 Å². The van der Waals surface area contributed by atoms with Gasteiger partial charge in [0.1, 0.15) is 0 Å². The monoisotopic (exact) mass is 456 g/mol. The highest BCUT2D eigenvalue weighted by atomic mass is 16.4. The van der Waals surface area contributed by atoms with Crippen molar-refractivity contribution >= 4 is 5.97 Å². The molecule has 0 aromatic rings. The summed E-state index contributed by atoms with van der Waals surface area (Å²) in [6.07, 6.45) is 13.3. The van der Waals surface area contributed by atoms with Gasteiger partial charge in [-0.05, 0) is 111 Å². The van der Waals surface area contributed by atoms with Crippen molar-refractivity contribution in [3.8, 4) is 0 Å². The second-order valence-electron chi connectivity index (χ2n) is 13.5. The largest absolute Gasteiger partial charge is 0.478 e. The van der Waals surface area contributed by atoms with E-state index in [0.29, 0.717) is 34.2 Å². The van der Waals surface area contributed by atoms with Crippen molar-refractivity contribution in [1.29, 1.82) is 0 Å². The van der Waals surface area contributed by atoms with Crippen molar-refractivity contribution in [2.75, 3.05) is 0 Å². The molecular weight excluding hydrogens is 408 g/mol. The molecule has 33 heavy (non-hydrogen) atoms. The number of hydrogen-bond acceptors (Lipinski definition) is 2. The van der Waals surface area contributed by atoms with Gasteiger partial charge in [0.25, 0.3) is 0 Å². The van der Waals surface area contributed by atoms with Crippen LogP contribution in [0.2, 0.25) is 0 Å². The molecule has 0 aromatic carbocycles. The van der Waals surface area contributed by atoms with E-state index in [1.165, 1.54) is 38.5 Å². The minimum atomic E-state index is -0.794. The maximum Gasteiger partial charge on any atom is 0.330 e. The van der Waals surface area contributed by atoms with E-state index in [9.17, 15) is 9.90 Å². The summed E-state index contributed by atoms with van der Waals surface area (Å²) < 4.78 is 0. The Morgan fingerprint density at radius 2 is 1.73 bits per heavy atom. The molecule has 4 aliphatic rings. The van der Waals surface area contributed by atoms with Gasteiger partial charge in [0.05, 0.1) is 6.10 Å². The molecule has 3 heteroatoms. The molecule has 4 aliphatic carbocycles. The first-order chi connectivity index (χ1) is 15.3. The minimum Gasteiger partial charge on any atom is -0.478 e. The van der Waals surface area contributed by atoms with Crippen molar-refractivity contribution in [1.82, 2.24) is 0 Å². The highest BCUT2D eigenvalue weighted by Crippen LogP contribution is 2.72. The van der Waals surface area contributed by atoms with E-state index in [4.69, 9.17) is 5.11 Å². The molecule has 0 spiro atoms. The fraction of sp³-hybridized carbons (Fsp3) is 0.833. The summed E-state index contributed by atoms with van der Waals surface area (Å²) >= 11 is 0. The van der Waals surface area contributed by atoms with Gasteiger partial charge in [-0.25, -0.2) is 4.79 Å². The highest BCUT2D eigenvalue weighted by molar-refractivity contribution is 5.85. The minimum absolute atomic E-state index is 0.00150. The van der Waals surface area contributed by atoms with Crippen LogP contribution in [0.5, 0.6) is 0 Å². The van der Waals surface area contributed by atoms with Gasteiger partial charge in [0.15, 0.2) is 0 Å². The second kappa shape index (κ2) is 8.25. The zero-order valence-corrected chi connectivity index (χ0v) is 22.3. The van der Waals surface area contributed by atoms with Gasteiger partial charge >= 0.3 is 5.97 Å². The Balaban J connectivity index is 1.60. The van der Waals surface area contributed by atoms with E-state index >= 15 is 0 Å². The third-order valence-electron chi connectivity index (χ3n) is 11.9. The average molecular weight is 457 g/mol. The SMILES string of the molecule is C/C(=C\CC[C@@H](C)[C@H]1CC[C@@]2(C)C3=C(CC[C@]12C)[C@@]1(C)CCC(O)C(C)(C)C1CC3)C(=O)O. The Morgan fingerprint density at radius 3 is 2.39 bits per heavy atom. The number of carboxylic acids is 1. The molecule has 4 rings (SSSR count). The summed E-state index contributed by atoms with van der Waals surface area (Å²) in [7, 11) is 0. The Labute approximate surface area is 202 Å². The van der Waals surface area contributed by atoms with E-state index in [1.54, 1.807) is 18.1 Å². The summed E-state index contributed by atoms with van der Waals surface area (Å²) in [5.74, 6) is 1.12. The first kappa shape index (κ1) is 25.0. The molecule has 2 unspecified atom stereocenters. The van der Waals surface area contributed by atoms with E-state index in [2.05, 4.69) is 41.5 Å². The lowest BCUT2D eigenvalue weighted by Crippen LogP contribution is -2.55. The van der Waals surface area contributed by atoms with Gasteiger partial charge < -0.3 is 10.2 Å². The number of aliphatic carboxylic acids is 1. The fourth-order valence-electron chi connectivity index (χ4n) is 9.48. The first-order valence-electron chi connectivity index (χ1n) is 13.6. The molecule has 186 valence electrons. The van der Waals surface area contributed by atoms with Crippen LogP contribution in [0.4, 0.5) is 0 Å². The maximum absolute atomic E-state index is 11.1. The molecule has 0 bridgehead atoms. The molecule has 2 N–H and O–H groups in total. The molecule has 0 heterocycles. The first-order valence-corrected chi connectivity index (χ1v) is 13.6. The van der Waals surface area contributed by atoms with Crippen LogP contribution in [0.25, 0.3) is 0 Å². The normalized spacial score (nSPS) is 43.5. The Bertz CT molecular complexity index is 866. The van der Waals surface area contributed by atoms with Crippen molar-refractivity contribution < 1.29 is 15.0 Å². The van der Waals surface area contributed by atoms with Gasteiger partial charge in [-0.3, -0.25) is 0 Å². The molecule has 3 nitrogen and oxygen atoms in total. The molecule has 2 saturated carbocycles. The highest BCUT2D eigenvalue weighted by Gasteiger charge is 2.63. The second-order valence-corrected chi connectivity index (χ2v) is 13.5. The van der Waals surface area contributed by atoms with Crippen LogP contribution in [0.3, 0.4) is 0 Å². The molecule has 0 saturated heterocycles. The quantitative estimate of drug-likeness (QED) is 0.332. The van der Waals surface area contributed by atoms with E-state index in [0.717, 1.165) is 25.7 Å². The molecule has 7 atom stereocenters. The van der Waals surface area contributed by atoms with Gasteiger partial charge in [-0.15, -0.1) is 0 Å². The summed E-state index contributed by atoms with van der Waals surface area (Å²) in [5, 5.41) is 20.0. The van der Waals surface area contributed by atoms with Gasteiger partial charge in [-0.2, -0.15) is 0 Å². The number of hydrogen-bond donors (Lipinski definition) is 2. The average Bonchev–Trinajstić information content (AvgIpc) is 3.02. The lowest BCUT2D eigenvalue weighted by molar-refractivity contribution is -0.132. The van der Waals surface area contributed by atoms with Crippen molar-refractivity contribution in [2.24, 2.45) is 39.4 Å². The number of carboxylic acid groups (broad SMARTS) is 1. The van der Waals surface area contributed by atoms with Crippen LogP contribution < -0.4 is 0 Å². The molecular formula is C30H48O3. The van der Waals surface area contributed by atoms with E-state index in [-0.39, 0.29) is 16.9 Å². The van der Waals surface area contributed by atoms with Crippen LogP contribution in [0.15, 0.2) is 22.8 Å². The molecule has 0 radical (unpaired) electrons. The number of aliphatic hydroxyl groups is 1. The van der Waals surface area contributed by atoms with Crippen molar-refractivity contribution in [2.45, 2.75) is 119 Å². The third kappa shape index (κ3) is 3.58. The third-order valence-corrected chi connectivity index (χ3v) is 11.9. The van der Waals surface area contributed by atoms with E-state index < -0.39 is 5.97 Å². The van der Waals surface area contributed by atoms with Crippen LogP contribution in [-0.2, 0) is 4.79 Å². The maximum atomic E-state index is 11.1. The van der Waals surface area contributed by atoms with E-state index in [1.807, 2.05) is 6.08 Å². The fourth-order valence-corrected chi connectivity index (χ4v) is 9.48. The van der Waals surface area contributed by atoms with Gasteiger partial charge in [0.2, 0.25) is 0 Å². The van der Waals surface area contributed by atoms with Crippen LogP contribution in [0.1, 0.15) is 113 Å². The molecule has 0 amide bonds. The van der Waals surface area contributed by atoms with Crippen LogP contribution in [0, 0.1) is 39.4 Å². The predicted molar refractivity (Wildman–Crippen MR) is 135 cm³/mol. The van der Waals surface area contributed by atoms with Crippen LogP contribution in [-0.4, -0.2) is 22.3 Å². The summed E-state index contributed by atoms with van der Waals surface area (Å²) in [4.78, 5) is 11.1. The number of carbonyl (C=O) groups is 1. The Hall–Kier alpha value is -1.09. The smallest absolute Gasteiger partial charge is 0.330 e. The predicted octanol–water partition coefficient (Wildman–Crippen LogP) is 7.54.